The van der Waals surface area contributed by atoms with Crippen LogP contribution in [0, 0.1) is 5.82 Å². The minimum absolute atomic E-state index is 0.151. The second-order valence-corrected chi connectivity index (χ2v) is 5.75. The SMILES string of the molecule is CC(=O)Oc1cc(C(=O)OCc2ccccc2F)cc(OC(C)=O)c1OC(C)=O. The highest BCUT2D eigenvalue weighted by atomic mass is 19.1. The van der Waals surface area contributed by atoms with Crippen molar-refractivity contribution in [2.24, 2.45) is 0 Å². The lowest BCUT2D eigenvalue weighted by molar-refractivity contribution is -0.135. The van der Waals surface area contributed by atoms with E-state index in [1.54, 1.807) is 6.07 Å². The minimum Gasteiger partial charge on any atom is -0.457 e. The largest absolute Gasteiger partial charge is 0.457 e. The number of hydrogen-bond donors (Lipinski definition) is 0. The average Bonchev–Trinajstić information content (AvgIpc) is 2.62. The maximum absolute atomic E-state index is 13.7. The first-order valence-corrected chi connectivity index (χ1v) is 8.31. The minimum atomic E-state index is -0.913. The van der Waals surface area contributed by atoms with E-state index in [1.165, 1.54) is 18.2 Å². The molecule has 0 aliphatic heterocycles. The Morgan fingerprint density at radius 1 is 0.828 bits per heavy atom. The lowest BCUT2D eigenvalue weighted by Crippen LogP contribution is -2.13. The Morgan fingerprint density at radius 2 is 1.34 bits per heavy atom. The van der Waals surface area contributed by atoms with Gasteiger partial charge in [-0.25, -0.2) is 9.18 Å². The summed E-state index contributed by atoms with van der Waals surface area (Å²) in [6.45, 7) is 2.91. The van der Waals surface area contributed by atoms with Crippen molar-refractivity contribution in [2.75, 3.05) is 0 Å². The highest BCUT2D eigenvalue weighted by Crippen LogP contribution is 2.39. The second-order valence-electron chi connectivity index (χ2n) is 5.75. The molecule has 9 heteroatoms. The lowest BCUT2D eigenvalue weighted by Gasteiger charge is -2.14. The fraction of sp³-hybridized carbons (Fsp3) is 0.200. The van der Waals surface area contributed by atoms with Crippen LogP contribution in [0.4, 0.5) is 4.39 Å². The molecule has 0 unspecified atom stereocenters. The molecule has 0 radical (unpaired) electrons. The number of halogens is 1. The zero-order valence-corrected chi connectivity index (χ0v) is 15.8. The highest BCUT2D eigenvalue weighted by Gasteiger charge is 2.23. The van der Waals surface area contributed by atoms with Crippen LogP contribution >= 0.6 is 0 Å². The van der Waals surface area contributed by atoms with E-state index in [9.17, 15) is 23.6 Å². The first-order valence-electron chi connectivity index (χ1n) is 8.31. The van der Waals surface area contributed by atoms with Crippen molar-refractivity contribution < 1.29 is 42.5 Å². The number of benzene rings is 2. The van der Waals surface area contributed by atoms with Gasteiger partial charge in [-0.2, -0.15) is 0 Å². The van der Waals surface area contributed by atoms with Gasteiger partial charge >= 0.3 is 23.9 Å². The van der Waals surface area contributed by atoms with Crippen molar-refractivity contribution in [3.05, 3.63) is 53.3 Å². The molecule has 0 heterocycles. The predicted octanol–water partition coefficient (Wildman–Crippen LogP) is 2.96. The van der Waals surface area contributed by atoms with Crippen LogP contribution in [0.2, 0.25) is 0 Å². The van der Waals surface area contributed by atoms with Gasteiger partial charge in [0.15, 0.2) is 11.5 Å². The molecule has 0 saturated heterocycles. The van der Waals surface area contributed by atoms with Gasteiger partial charge in [-0.1, -0.05) is 18.2 Å². The Morgan fingerprint density at radius 3 is 1.83 bits per heavy atom. The van der Waals surface area contributed by atoms with Gasteiger partial charge in [0, 0.05) is 26.3 Å². The predicted molar refractivity (Wildman–Crippen MR) is 95.9 cm³/mol. The Labute approximate surface area is 165 Å². The van der Waals surface area contributed by atoms with Gasteiger partial charge in [-0.3, -0.25) is 14.4 Å². The number of esters is 4. The third-order valence-electron chi connectivity index (χ3n) is 3.33. The van der Waals surface area contributed by atoms with Gasteiger partial charge in [0.2, 0.25) is 5.75 Å². The van der Waals surface area contributed by atoms with Crippen molar-refractivity contribution in [1.82, 2.24) is 0 Å². The smallest absolute Gasteiger partial charge is 0.338 e. The third-order valence-corrected chi connectivity index (χ3v) is 3.33. The van der Waals surface area contributed by atoms with Gasteiger partial charge in [0.1, 0.15) is 12.4 Å². The van der Waals surface area contributed by atoms with Crippen molar-refractivity contribution in [3.63, 3.8) is 0 Å². The van der Waals surface area contributed by atoms with Gasteiger partial charge in [0.25, 0.3) is 0 Å². The Hall–Kier alpha value is -3.75. The maximum Gasteiger partial charge on any atom is 0.338 e. The third kappa shape index (κ3) is 6.13. The molecule has 0 amide bonds. The molecule has 0 aromatic heterocycles. The van der Waals surface area contributed by atoms with Crippen LogP contribution in [-0.4, -0.2) is 23.9 Å². The van der Waals surface area contributed by atoms with Crippen molar-refractivity contribution in [1.29, 1.82) is 0 Å². The first-order chi connectivity index (χ1) is 13.7. The zero-order chi connectivity index (χ0) is 21.6. The normalized spacial score (nSPS) is 10.1. The van der Waals surface area contributed by atoms with E-state index in [1.807, 2.05) is 0 Å². The molecule has 2 aromatic carbocycles. The number of ether oxygens (including phenoxy) is 4. The van der Waals surface area contributed by atoms with Crippen LogP contribution in [0.25, 0.3) is 0 Å². The topological polar surface area (TPSA) is 105 Å². The van der Waals surface area contributed by atoms with E-state index >= 15 is 0 Å². The molecular formula is C20H17FO8. The van der Waals surface area contributed by atoms with E-state index < -0.39 is 29.7 Å². The molecule has 2 rings (SSSR count). The van der Waals surface area contributed by atoms with Crippen LogP contribution in [-0.2, 0) is 25.7 Å². The van der Waals surface area contributed by atoms with Crippen molar-refractivity contribution in [3.8, 4) is 17.2 Å². The molecule has 0 aliphatic rings. The summed E-state index contributed by atoms with van der Waals surface area (Å²) in [5.74, 6) is -4.80. The zero-order valence-electron chi connectivity index (χ0n) is 15.8. The summed E-state index contributed by atoms with van der Waals surface area (Å²) in [5, 5.41) is 0. The monoisotopic (exact) mass is 404 g/mol. The number of rotatable bonds is 6. The van der Waals surface area contributed by atoms with E-state index in [0.717, 1.165) is 32.9 Å². The number of carbonyl (C=O) groups excluding carboxylic acids is 4. The van der Waals surface area contributed by atoms with E-state index in [4.69, 9.17) is 18.9 Å². The van der Waals surface area contributed by atoms with Gasteiger partial charge in [0.05, 0.1) is 5.56 Å². The molecule has 0 fully saturated rings. The van der Waals surface area contributed by atoms with Crippen LogP contribution in [0.5, 0.6) is 17.2 Å². The summed E-state index contributed by atoms with van der Waals surface area (Å²) in [6.07, 6.45) is 0. The molecule has 29 heavy (non-hydrogen) atoms. The molecule has 152 valence electrons. The maximum atomic E-state index is 13.7. The number of hydrogen-bond acceptors (Lipinski definition) is 8. The fourth-order valence-electron chi connectivity index (χ4n) is 2.24. The summed E-state index contributed by atoms with van der Waals surface area (Å²) >= 11 is 0. The van der Waals surface area contributed by atoms with Crippen molar-refractivity contribution in [2.45, 2.75) is 27.4 Å². The van der Waals surface area contributed by atoms with Gasteiger partial charge in [-0.15, -0.1) is 0 Å². The summed E-state index contributed by atoms with van der Waals surface area (Å²) in [7, 11) is 0. The molecule has 0 N–H and O–H groups in total. The molecule has 0 atom stereocenters. The quantitative estimate of drug-likeness (QED) is 0.535. The molecule has 0 spiro atoms. The molecule has 2 aromatic rings. The van der Waals surface area contributed by atoms with Crippen molar-refractivity contribution >= 4 is 23.9 Å². The van der Waals surface area contributed by atoms with E-state index in [-0.39, 0.29) is 35.0 Å². The summed E-state index contributed by atoms with van der Waals surface area (Å²) in [4.78, 5) is 46.5. The Balaban J connectivity index is 2.40. The van der Waals surface area contributed by atoms with E-state index in [2.05, 4.69) is 0 Å². The van der Waals surface area contributed by atoms with Crippen LogP contribution in [0.15, 0.2) is 36.4 Å². The summed E-state index contributed by atoms with van der Waals surface area (Å²) < 4.78 is 33.6. The standard InChI is InChI=1S/C20H17FO8/c1-11(22)27-17-8-15(9-18(28-12(2)23)19(17)29-13(3)24)20(25)26-10-14-6-4-5-7-16(14)21/h4-9H,10H2,1-3H3. The molecule has 8 nitrogen and oxygen atoms in total. The highest BCUT2D eigenvalue weighted by molar-refractivity contribution is 5.92. The number of carbonyl (C=O) groups is 4. The summed E-state index contributed by atoms with van der Waals surface area (Å²) in [5.41, 5.74) is -0.0254. The summed E-state index contributed by atoms with van der Waals surface area (Å²) in [6, 6.07) is 7.89. The van der Waals surface area contributed by atoms with Gasteiger partial charge < -0.3 is 18.9 Å². The second kappa shape index (κ2) is 9.45. The average molecular weight is 404 g/mol. The van der Waals surface area contributed by atoms with Crippen LogP contribution in [0.1, 0.15) is 36.7 Å². The molecule has 0 saturated carbocycles. The Kier molecular flexibility index (Phi) is 7.02. The molecule has 0 aliphatic carbocycles. The van der Waals surface area contributed by atoms with E-state index in [0.29, 0.717) is 0 Å². The van der Waals surface area contributed by atoms with Crippen LogP contribution in [0.3, 0.4) is 0 Å². The molecular weight excluding hydrogens is 387 g/mol. The Bertz CT molecular complexity index is 930. The lowest BCUT2D eigenvalue weighted by atomic mass is 10.1. The first kappa shape index (κ1) is 21.5. The van der Waals surface area contributed by atoms with Crippen LogP contribution < -0.4 is 14.2 Å². The fourth-order valence-corrected chi connectivity index (χ4v) is 2.24. The molecule has 0 bridgehead atoms. The van der Waals surface area contributed by atoms with Gasteiger partial charge in [-0.05, 0) is 18.2 Å².